The summed E-state index contributed by atoms with van der Waals surface area (Å²) >= 11 is 0. The van der Waals surface area contributed by atoms with Crippen LogP contribution in [0.25, 0.3) is 16.6 Å². The summed E-state index contributed by atoms with van der Waals surface area (Å²) < 4.78 is 15.4. The summed E-state index contributed by atoms with van der Waals surface area (Å²) in [6, 6.07) is 10.8. The molecule has 5 nitrogen and oxygen atoms in total. The van der Waals surface area contributed by atoms with Crippen molar-refractivity contribution in [1.29, 1.82) is 5.26 Å². The van der Waals surface area contributed by atoms with Crippen LogP contribution in [0.2, 0.25) is 0 Å². The summed E-state index contributed by atoms with van der Waals surface area (Å²) in [6.45, 7) is 1.84. The zero-order valence-electron chi connectivity index (χ0n) is 14.2. The molecule has 0 unspecified atom stereocenters. The maximum atomic E-state index is 14.0. The average Bonchev–Trinajstić information content (AvgIpc) is 3.45. The van der Waals surface area contributed by atoms with Crippen molar-refractivity contribution in [3.8, 4) is 11.8 Å². The van der Waals surface area contributed by atoms with Crippen LogP contribution in [0.1, 0.15) is 35.8 Å². The van der Waals surface area contributed by atoms with Crippen molar-refractivity contribution >= 4 is 10.9 Å². The van der Waals surface area contributed by atoms with Gasteiger partial charge in [0.2, 0.25) is 0 Å². The van der Waals surface area contributed by atoms with Crippen molar-refractivity contribution in [1.82, 2.24) is 9.55 Å². The fourth-order valence-corrected chi connectivity index (χ4v) is 3.32. The van der Waals surface area contributed by atoms with Gasteiger partial charge in [0, 0.05) is 0 Å². The standard InChI is InChI=1S/C20H17FN4O/c1-11-3-2-4-16-17(11)20(26)25(19(24-16)18(23)13-5-6-13)15-8-12(10-22)7-14(21)9-15/h2-4,7-9,13,18H,5-6,23H2,1H3/t18-/m0/s1. The van der Waals surface area contributed by atoms with E-state index in [4.69, 9.17) is 11.0 Å². The molecule has 2 aromatic carbocycles. The summed E-state index contributed by atoms with van der Waals surface area (Å²) in [5, 5.41) is 9.63. The van der Waals surface area contributed by atoms with E-state index in [1.807, 2.05) is 25.1 Å². The topological polar surface area (TPSA) is 84.7 Å². The van der Waals surface area contributed by atoms with Gasteiger partial charge in [-0.2, -0.15) is 5.26 Å². The molecule has 1 atom stereocenters. The Bertz CT molecular complexity index is 1130. The first-order valence-electron chi connectivity index (χ1n) is 8.48. The molecule has 3 aromatic rings. The first-order chi connectivity index (χ1) is 12.5. The van der Waals surface area contributed by atoms with E-state index in [9.17, 15) is 9.18 Å². The first-order valence-corrected chi connectivity index (χ1v) is 8.48. The molecule has 0 saturated heterocycles. The van der Waals surface area contributed by atoms with Gasteiger partial charge in [-0.3, -0.25) is 9.36 Å². The highest BCUT2D eigenvalue weighted by atomic mass is 19.1. The number of hydrogen-bond donors (Lipinski definition) is 1. The van der Waals surface area contributed by atoms with Crippen molar-refractivity contribution in [2.45, 2.75) is 25.8 Å². The highest BCUT2D eigenvalue weighted by Crippen LogP contribution is 2.39. The van der Waals surface area contributed by atoms with Gasteiger partial charge in [0.15, 0.2) is 0 Å². The van der Waals surface area contributed by atoms with Crippen molar-refractivity contribution in [2.75, 3.05) is 0 Å². The lowest BCUT2D eigenvalue weighted by molar-refractivity contribution is 0.572. The summed E-state index contributed by atoms with van der Waals surface area (Å²) in [5.41, 5.74) is 7.85. The fourth-order valence-electron chi connectivity index (χ4n) is 3.32. The molecule has 1 aliphatic carbocycles. The van der Waals surface area contributed by atoms with E-state index in [-0.39, 0.29) is 22.7 Å². The summed E-state index contributed by atoms with van der Waals surface area (Å²) in [7, 11) is 0. The Labute approximate surface area is 149 Å². The van der Waals surface area contributed by atoms with E-state index in [1.54, 1.807) is 6.07 Å². The Morgan fingerprint density at radius 1 is 1.35 bits per heavy atom. The number of nitrogens with zero attached hydrogens (tertiary/aromatic N) is 3. The van der Waals surface area contributed by atoms with Crippen molar-refractivity contribution < 1.29 is 4.39 Å². The van der Waals surface area contributed by atoms with E-state index in [1.165, 1.54) is 16.7 Å². The molecule has 0 amide bonds. The molecular weight excluding hydrogens is 331 g/mol. The summed E-state index contributed by atoms with van der Waals surface area (Å²) in [4.78, 5) is 17.9. The van der Waals surface area contributed by atoms with Gasteiger partial charge in [0.25, 0.3) is 5.56 Å². The number of nitriles is 1. The largest absolute Gasteiger partial charge is 0.321 e. The highest BCUT2D eigenvalue weighted by Gasteiger charge is 2.33. The molecule has 2 N–H and O–H groups in total. The Balaban J connectivity index is 2.09. The Morgan fingerprint density at radius 2 is 2.12 bits per heavy atom. The molecule has 0 spiro atoms. The second-order valence-corrected chi connectivity index (χ2v) is 6.75. The van der Waals surface area contributed by atoms with Crippen LogP contribution >= 0.6 is 0 Å². The molecule has 6 heteroatoms. The molecule has 1 fully saturated rings. The van der Waals surface area contributed by atoms with E-state index < -0.39 is 11.9 Å². The predicted molar refractivity (Wildman–Crippen MR) is 96.4 cm³/mol. The molecule has 0 aliphatic heterocycles. The number of fused-ring (bicyclic) bond motifs is 1. The molecule has 1 aromatic heterocycles. The van der Waals surface area contributed by atoms with Crippen LogP contribution in [0.4, 0.5) is 4.39 Å². The lowest BCUT2D eigenvalue weighted by Crippen LogP contribution is -2.30. The molecule has 130 valence electrons. The van der Waals surface area contributed by atoms with Gasteiger partial charge in [-0.15, -0.1) is 0 Å². The molecule has 0 radical (unpaired) electrons. The minimum absolute atomic E-state index is 0.141. The van der Waals surface area contributed by atoms with Gasteiger partial charge in [-0.1, -0.05) is 12.1 Å². The number of rotatable bonds is 3. The molecule has 4 rings (SSSR count). The van der Waals surface area contributed by atoms with E-state index in [0.717, 1.165) is 24.5 Å². The molecule has 0 bridgehead atoms. The molecule has 26 heavy (non-hydrogen) atoms. The zero-order valence-corrected chi connectivity index (χ0v) is 14.2. The highest BCUT2D eigenvalue weighted by molar-refractivity contribution is 5.81. The summed E-state index contributed by atoms with van der Waals surface area (Å²) in [5.74, 6) is 0.0891. The molecule has 1 heterocycles. The van der Waals surface area contributed by atoms with Crippen molar-refractivity contribution in [3.63, 3.8) is 0 Å². The number of nitrogens with two attached hydrogens (primary N) is 1. The average molecular weight is 348 g/mol. The van der Waals surface area contributed by atoms with Crippen LogP contribution in [0, 0.1) is 30.0 Å². The maximum absolute atomic E-state index is 14.0. The number of hydrogen-bond acceptors (Lipinski definition) is 4. The second-order valence-electron chi connectivity index (χ2n) is 6.75. The maximum Gasteiger partial charge on any atom is 0.266 e. The normalized spacial score (nSPS) is 15.0. The van der Waals surface area contributed by atoms with E-state index in [2.05, 4.69) is 4.98 Å². The van der Waals surface area contributed by atoms with Gasteiger partial charge in [0.05, 0.1) is 34.3 Å². The van der Waals surface area contributed by atoms with Gasteiger partial charge in [-0.05, 0) is 55.5 Å². The quantitative estimate of drug-likeness (QED) is 0.788. The Kier molecular flexibility index (Phi) is 3.82. The minimum Gasteiger partial charge on any atom is -0.321 e. The third kappa shape index (κ3) is 2.67. The molecule has 1 aliphatic rings. The van der Waals surface area contributed by atoms with Crippen LogP contribution in [-0.2, 0) is 0 Å². The minimum atomic E-state index is -0.582. The van der Waals surface area contributed by atoms with Crippen LogP contribution in [-0.4, -0.2) is 9.55 Å². The van der Waals surface area contributed by atoms with E-state index >= 15 is 0 Å². The van der Waals surface area contributed by atoms with Crippen LogP contribution < -0.4 is 11.3 Å². The van der Waals surface area contributed by atoms with Gasteiger partial charge in [-0.25, -0.2) is 9.37 Å². The molecular formula is C20H17FN4O. The fraction of sp³-hybridized carbons (Fsp3) is 0.250. The third-order valence-corrected chi connectivity index (χ3v) is 4.83. The second kappa shape index (κ2) is 6.04. The number of aryl methyl sites for hydroxylation is 1. The van der Waals surface area contributed by atoms with Crippen molar-refractivity contribution in [3.05, 3.63) is 69.5 Å². The Hall–Kier alpha value is -3.04. The predicted octanol–water partition coefficient (Wildman–Crippen LogP) is 3.11. The monoisotopic (exact) mass is 348 g/mol. The first kappa shape index (κ1) is 16.4. The third-order valence-electron chi connectivity index (χ3n) is 4.83. The van der Waals surface area contributed by atoms with Crippen LogP contribution in [0.5, 0.6) is 0 Å². The number of benzene rings is 2. The van der Waals surface area contributed by atoms with Gasteiger partial charge >= 0.3 is 0 Å². The van der Waals surface area contributed by atoms with Crippen molar-refractivity contribution in [2.24, 2.45) is 11.7 Å². The lowest BCUT2D eigenvalue weighted by Gasteiger charge is -2.19. The number of halogens is 1. The SMILES string of the molecule is Cc1cccc2nc([C@@H](N)C3CC3)n(-c3cc(F)cc(C#N)c3)c(=O)c12. The van der Waals surface area contributed by atoms with Gasteiger partial charge < -0.3 is 5.73 Å². The summed E-state index contributed by atoms with van der Waals surface area (Å²) in [6.07, 6.45) is 1.96. The lowest BCUT2D eigenvalue weighted by atomic mass is 10.1. The zero-order chi connectivity index (χ0) is 18.4. The van der Waals surface area contributed by atoms with E-state index in [0.29, 0.717) is 16.7 Å². The van der Waals surface area contributed by atoms with Crippen LogP contribution in [0.3, 0.4) is 0 Å². The Morgan fingerprint density at radius 3 is 2.81 bits per heavy atom. The molecule has 1 saturated carbocycles. The van der Waals surface area contributed by atoms with Crippen LogP contribution in [0.15, 0.2) is 41.2 Å². The van der Waals surface area contributed by atoms with Gasteiger partial charge in [0.1, 0.15) is 11.6 Å². The smallest absolute Gasteiger partial charge is 0.266 e. The number of aromatic nitrogens is 2.